The summed E-state index contributed by atoms with van der Waals surface area (Å²) in [5.74, 6) is -0.112. The summed E-state index contributed by atoms with van der Waals surface area (Å²) in [6, 6.07) is 16.9. The highest BCUT2D eigenvalue weighted by Crippen LogP contribution is 2.21. The molecular weight excluding hydrogens is 308 g/mol. The topological polar surface area (TPSA) is 42.0 Å². The maximum Gasteiger partial charge on any atom is 0.252 e. The fraction of sp³-hybridized carbons (Fsp3) is 0.158. The van der Waals surface area contributed by atoms with Crippen LogP contribution in [0.5, 0.6) is 0 Å². The number of benzene rings is 2. The van der Waals surface area contributed by atoms with Crippen LogP contribution >= 0.6 is 11.6 Å². The first kappa shape index (κ1) is 15.5. The van der Waals surface area contributed by atoms with E-state index in [-0.39, 0.29) is 11.9 Å². The number of aromatic nitrogens is 1. The highest BCUT2D eigenvalue weighted by molar-refractivity contribution is 6.30. The van der Waals surface area contributed by atoms with E-state index in [0.29, 0.717) is 10.6 Å². The second-order valence-electron chi connectivity index (χ2n) is 5.58. The van der Waals surface area contributed by atoms with Gasteiger partial charge in [-0.15, -0.1) is 0 Å². The summed E-state index contributed by atoms with van der Waals surface area (Å²) in [5.41, 5.74) is 3.26. The average molecular weight is 325 g/mol. The largest absolute Gasteiger partial charge is 0.345 e. The van der Waals surface area contributed by atoms with Crippen molar-refractivity contribution in [3.8, 4) is 0 Å². The first-order valence-corrected chi connectivity index (χ1v) is 7.85. The van der Waals surface area contributed by atoms with Crippen LogP contribution in [0.15, 0.2) is 54.6 Å². The summed E-state index contributed by atoms with van der Waals surface area (Å²) in [6.45, 7) is 3.84. The van der Waals surface area contributed by atoms with Gasteiger partial charge in [0.1, 0.15) is 0 Å². The highest BCUT2D eigenvalue weighted by atomic mass is 35.5. The van der Waals surface area contributed by atoms with Crippen molar-refractivity contribution in [2.75, 3.05) is 0 Å². The Hall–Kier alpha value is -2.39. The Labute approximate surface area is 140 Å². The van der Waals surface area contributed by atoms with Crippen molar-refractivity contribution in [1.29, 1.82) is 0 Å². The van der Waals surface area contributed by atoms with Crippen LogP contribution in [0.4, 0.5) is 0 Å². The van der Waals surface area contributed by atoms with Gasteiger partial charge in [0.15, 0.2) is 0 Å². The monoisotopic (exact) mass is 324 g/mol. The number of fused-ring (bicyclic) bond motifs is 1. The van der Waals surface area contributed by atoms with Crippen molar-refractivity contribution in [3.05, 3.63) is 76.4 Å². The minimum Gasteiger partial charge on any atom is -0.345 e. The van der Waals surface area contributed by atoms with Crippen molar-refractivity contribution in [3.63, 3.8) is 0 Å². The number of amides is 1. The molecule has 0 spiro atoms. The van der Waals surface area contributed by atoms with E-state index in [4.69, 9.17) is 11.6 Å². The molecule has 4 heteroatoms. The molecule has 1 amide bonds. The number of hydrogen-bond donors (Lipinski definition) is 1. The van der Waals surface area contributed by atoms with Gasteiger partial charge in [-0.25, -0.2) is 0 Å². The van der Waals surface area contributed by atoms with E-state index in [9.17, 15) is 4.79 Å². The zero-order chi connectivity index (χ0) is 16.4. The lowest BCUT2D eigenvalue weighted by Crippen LogP contribution is -2.27. The molecule has 1 heterocycles. The molecule has 0 saturated carbocycles. The molecule has 23 heavy (non-hydrogen) atoms. The maximum atomic E-state index is 12.7. The summed E-state index contributed by atoms with van der Waals surface area (Å²) in [5, 5.41) is 4.55. The number of aryl methyl sites for hydroxylation is 1. The minimum absolute atomic E-state index is 0.112. The van der Waals surface area contributed by atoms with Gasteiger partial charge in [-0.1, -0.05) is 41.9 Å². The number of nitrogens with zero attached hydrogens (tertiary/aromatic N) is 1. The molecule has 0 fully saturated rings. The zero-order valence-corrected chi connectivity index (χ0v) is 13.8. The van der Waals surface area contributed by atoms with E-state index in [0.717, 1.165) is 22.2 Å². The zero-order valence-electron chi connectivity index (χ0n) is 13.0. The van der Waals surface area contributed by atoms with E-state index in [1.54, 1.807) is 0 Å². The second-order valence-corrected chi connectivity index (χ2v) is 6.01. The van der Waals surface area contributed by atoms with Gasteiger partial charge in [0.2, 0.25) is 0 Å². The molecule has 3 nitrogen and oxygen atoms in total. The van der Waals surface area contributed by atoms with Crippen molar-refractivity contribution in [2.45, 2.75) is 19.9 Å². The quantitative estimate of drug-likeness (QED) is 0.759. The van der Waals surface area contributed by atoms with Crippen molar-refractivity contribution >= 4 is 28.4 Å². The van der Waals surface area contributed by atoms with Crippen LogP contribution in [0.3, 0.4) is 0 Å². The number of halogens is 1. The first-order chi connectivity index (χ1) is 11.0. The first-order valence-electron chi connectivity index (χ1n) is 7.47. The molecule has 0 bridgehead atoms. The summed E-state index contributed by atoms with van der Waals surface area (Å²) in [4.78, 5) is 17.2. The van der Waals surface area contributed by atoms with Crippen molar-refractivity contribution < 1.29 is 4.79 Å². The standard InChI is InChI=1S/C19H17ClN2O/c1-12-10-17(16-8-3-4-9-18(16)21-12)19(23)22-13(2)14-6-5-7-15(20)11-14/h3-11,13H,1-2H3,(H,22,23). The third kappa shape index (κ3) is 3.35. The second kappa shape index (κ2) is 6.39. The Bertz CT molecular complexity index is 876. The number of para-hydroxylation sites is 1. The summed E-state index contributed by atoms with van der Waals surface area (Å²) < 4.78 is 0. The summed E-state index contributed by atoms with van der Waals surface area (Å²) in [7, 11) is 0. The van der Waals surface area contributed by atoms with Gasteiger partial charge in [-0.05, 0) is 43.7 Å². The number of carbonyl (C=O) groups excluding carboxylic acids is 1. The molecule has 0 aliphatic carbocycles. The predicted octanol–water partition coefficient (Wildman–Crippen LogP) is 4.69. The molecule has 116 valence electrons. The van der Waals surface area contributed by atoms with Gasteiger partial charge in [0.25, 0.3) is 5.91 Å². The van der Waals surface area contributed by atoms with Gasteiger partial charge in [-0.2, -0.15) is 0 Å². The maximum absolute atomic E-state index is 12.7. The summed E-state index contributed by atoms with van der Waals surface area (Å²) >= 11 is 6.02. The average Bonchev–Trinajstić information content (AvgIpc) is 2.53. The number of carbonyl (C=O) groups is 1. The third-order valence-corrected chi connectivity index (χ3v) is 4.02. The predicted molar refractivity (Wildman–Crippen MR) is 93.8 cm³/mol. The van der Waals surface area contributed by atoms with E-state index >= 15 is 0 Å². The Balaban J connectivity index is 1.92. The number of nitrogens with one attached hydrogen (secondary N) is 1. The Morgan fingerprint density at radius 1 is 1.13 bits per heavy atom. The number of hydrogen-bond acceptors (Lipinski definition) is 2. The molecule has 2 aromatic carbocycles. The highest BCUT2D eigenvalue weighted by Gasteiger charge is 2.15. The Morgan fingerprint density at radius 2 is 1.91 bits per heavy atom. The van der Waals surface area contributed by atoms with Crippen LogP contribution in [0.25, 0.3) is 10.9 Å². The van der Waals surface area contributed by atoms with Crippen LogP contribution < -0.4 is 5.32 Å². The molecule has 1 unspecified atom stereocenters. The third-order valence-electron chi connectivity index (χ3n) is 3.79. The molecule has 0 saturated heterocycles. The van der Waals surface area contributed by atoms with E-state index in [2.05, 4.69) is 10.3 Å². The fourth-order valence-corrected chi connectivity index (χ4v) is 2.83. The van der Waals surface area contributed by atoms with E-state index in [1.165, 1.54) is 0 Å². The molecule has 1 atom stereocenters. The fourth-order valence-electron chi connectivity index (χ4n) is 2.63. The van der Waals surface area contributed by atoms with E-state index < -0.39 is 0 Å². The van der Waals surface area contributed by atoms with Crippen LogP contribution in [0, 0.1) is 6.92 Å². The van der Waals surface area contributed by atoms with Crippen LogP contribution in [0.2, 0.25) is 5.02 Å². The van der Waals surface area contributed by atoms with Crippen LogP contribution in [-0.2, 0) is 0 Å². The Morgan fingerprint density at radius 3 is 2.70 bits per heavy atom. The van der Waals surface area contributed by atoms with E-state index in [1.807, 2.05) is 68.4 Å². The lowest BCUT2D eigenvalue weighted by Gasteiger charge is -2.16. The van der Waals surface area contributed by atoms with Gasteiger partial charge in [0, 0.05) is 16.1 Å². The normalized spacial score (nSPS) is 12.1. The molecule has 1 N–H and O–H groups in total. The van der Waals surface area contributed by atoms with Gasteiger partial charge < -0.3 is 5.32 Å². The molecule has 3 rings (SSSR count). The van der Waals surface area contributed by atoms with Gasteiger partial charge in [-0.3, -0.25) is 9.78 Å². The van der Waals surface area contributed by atoms with Gasteiger partial charge >= 0.3 is 0 Å². The summed E-state index contributed by atoms with van der Waals surface area (Å²) in [6.07, 6.45) is 0. The van der Waals surface area contributed by atoms with Crippen molar-refractivity contribution in [1.82, 2.24) is 10.3 Å². The minimum atomic E-state index is -0.131. The lowest BCUT2D eigenvalue weighted by atomic mass is 10.0. The molecule has 0 aliphatic heterocycles. The lowest BCUT2D eigenvalue weighted by molar-refractivity contribution is 0.0941. The van der Waals surface area contributed by atoms with Crippen molar-refractivity contribution in [2.24, 2.45) is 0 Å². The molecule has 3 aromatic rings. The number of pyridine rings is 1. The molecule has 0 aliphatic rings. The van der Waals surface area contributed by atoms with Crippen LogP contribution in [-0.4, -0.2) is 10.9 Å². The number of rotatable bonds is 3. The van der Waals surface area contributed by atoms with Crippen LogP contribution in [0.1, 0.15) is 34.6 Å². The smallest absolute Gasteiger partial charge is 0.252 e. The van der Waals surface area contributed by atoms with Gasteiger partial charge in [0.05, 0.1) is 17.1 Å². The Kier molecular flexibility index (Phi) is 4.30. The molecular formula is C19H17ClN2O. The molecule has 1 aromatic heterocycles. The molecule has 0 radical (unpaired) electrons. The SMILES string of the molecule is Cc1cc(C(=O)NC(C)c2cccc(Cl)c2)c2ccccc2n1.